The fourth-order valence-electron chi connectivity index (χ4n) is 1.48. The predicted octanol–water partition coefficient (Wildman–Crippen LogP) is 0.421. The second-order valence-corrected chi connectivity index (χ2v) is 3.12. The van der Waals surface area contributed by atoms with Crippen molar-refractivity contribution < 1.29 is 19.7 Å². The molecular formula is C11H14O4. The molecule has 0 saturated heterocycles. The average Bonchev–Trinajstić information content (AvgIpc) is 2.28. The van der Waals surface area contributed by atoms with Gasteiger partial charge in [0.15, 0.2) is 0 Å². The van der Waals surface area contributed by atoms with Gasteiger partial charge in [0.1, 0.15) is 12.0 Å². The number of aldehydes is 1. The average molecular weight is 210 g/mol. The van der Waals surface area contributed by atoms with Crippen LogP contribution in [0.1, 0.15) is 16.7 Å². The summed E-state index contributed by atoms with van der Waals surface area (Å²) in [6.45, 7) is -0.376. The van der Waals surface area contributed by atoms with E-state index in [4.69, 9.17) is 14.9 Å². The second-order valence-electron chi connectivity index (χ2n) is 3.12. The number of methoxy groups -OCH3 is 1. The third-order valence-electron chi connectivity index (χ3n) is 2.23. The standard InChI is InChI=1S/C11H14O4/c1-15-11-5-8(2-3-12)4-9(6-13)10(11)7-14/h3-5,13-14H,2,6-7H2,1H3. The van der Waals surface area contributed by atoms with Crippen molar-refractivity contribution in [2.75, 3.05) is 7.11 Å². The topological polar surface area (TPSA) is 66.8 Å². The number of carbonyl (C=O) groups excluding carboxylic acids is 1. The zero-order valence-electron chi connectivity index (χ0n) is 8.56. The first kappa shape index (κ1) is 11.7. The van der Waals surface area contributed by atoms with Crippen molar-refractivity contribution in [2.24, 2.45) is 0 Å². The summed E-state index contributed by atoms with van der Waals surface area (Å²) in [4.78, 5) is 10.4. The Kier molecular flexibility index (Phi) is 4.27. The number of ether oxygens (including phenoxy) is 1. The molecule has 15 heavy (non-hydrogen) atoms. The maximum atomic E-state index is 10.4. The number of rotatable bonds is 5. The van der Waals surface area contributed by atoms with Gasteiger partial charge in [0.05, 0.1) is 20.3 Å². The molecule has 0 unspecified atom stereocenters. The Labute approximate surface area is 88.1 Å². The van der Waals surface area contributed by atoms with Crippen LogP contribution in [0.4, 0.5) is 0 Å². The molecule has 1 aromatic carbocycles. The first-order valence-electron chi connectivity index (χ1n) is 4.60. The zero-order valence-corrected chi connectivity index (χ0v) is 8.56. The van der Waals surface area contributed by atoms with Crippen LogP contribution >= 0.6 is 0 Å². The molecule has 0 bridgehead atoms. The molecule has 0 saturated carbocycles. The van der Waals surface area contributed by atoms with Crippen LogP contribution in [0, 0.1) is 0 Å². The third kappa shape index (κ3) is 2.55. The lowest BCUT2D eigenvalue weighted by Gasteiger charge is -2.12. The third-order valence-corrected chi connectivity index (χ3v) is 2.23. The molecule has 4 heteroatoms. The van der Waals surface area contributed by atoms with Gasteiger partial charge in [-0.15, -0.1) is 0 Å². The van der Waals surface area contributed by atoms with Crippen LogP contribution in [0.3, 0.4) is 0 Å². The molecular weight excluding hydrogens is 196 g/mol. The summed E-state index contributed by atoms with van der Waals surface area (Å²) in [5.74, 6) is 0.501. The van der Waals surface area contributed by atoms with Crippen molar-refractivity contribution in [1.29, 1.82) is 0 Å². The zero-order chi connectivity index (χ0) is 11.3. The van der Waals surface area contributed by atoms with Crippen molar-refractivity contribution in [3.8, 4) is 5.75 Å². The Balaban J connectivity index is 3.22. The summed E-state index contributed by atoms with van der Waals surface area (Å²) >= 11 is 0. The minimum atomic E-state index is -0.194. The van der Waals surface area contributed by atoms with E-state index in [1.807, 2.05) is 0 Å². The Morgan fingerprint density at radius 1 is 1.33 bits per heavy atom. The monoisotopic (exact) mass is 210 g/mol. The summed E-state index contributed by atoms with van der Waals surface area (Å²) in [5, 5.41) is 18.2. The van der Waals surface area contributed by atoms with E-state index in [-0.39, 0.29) is 19.6 Å². The first-order valence-corrected chi connectivity index (χ1v) is 4.60. The highest BCUT2D eigenvalue weighted by molar-refractivity contribution is 5.57. The lowest BCUT2D eigenvalue weighted by atomic mass is 10.0. The molecule has 0 spiro atoms. The summed E-state index contributed by atoms with van der Waals surface area (Å²) in [7, 11) is 1.49. The SMILES string of the molecule is COc1cc(CC=O)cc(CO)c1CO. The highest BCUT2D eigenvalue weighted by Crippen LogP contribution is 2.25. The van der Waals surface area contributed by atoms with Gasteiger partial charge in [0.25, 0.3) is 0 Å². The quantitative estimate of drug-likeness (QED) is 0.691. The van der Waals surface area contributed by atoms with Gasteiger partial charge < -0.3 is 19.7 Å². The van der Waals surface area contributed by atoms with Gasteiger partial charge in [0.2, 0.25) is 0 Å². The Bertz CT molecular complexity index is 321. The highest BCUT2D eigenvalue weighted by atomic mass is 16.5. The van der Waals surface area contributed by atoms with Gasteiger partial charge in [-0.1, -0.05) is 6.07 Å². The summed E-state index contributed by atoms with van der Waals surface area (Å²) in [6.07, 6.45) is 1.06. The Morgan fingerprint density at radius 2 is 2.07 bits per heavy atom. The van der Waals surface area contributed by atoms with Crippen LogP contribution in [0.5, 0.6) is 5.75 Å². The van der Waals surface area contributed by atoms with Gasteiger partial charge in [0, 0.05) is 12.0 Å². The molecule has 0 aromatic heterocycles. The van der Waals surface area contributed by atoms with Crippen LogP contribution in [-0.2, 0) is 24.4 Å². The van der Waals surface area contributed by atoms with Crippen LogP contribution in [0.2, 0.25) is 0 Å². The van der Waals surface area contributed by atoms with E-state index in [2.05, 4.69) is 0 Å². The molecule has 0 amide bonds. The van der Waals surface area contributed by atoms with Gasteiger partial charge >= 0.3 is 0 Å². The fourth-order valence-corrected chi connectivity index (χ4v) is 1.48. The van der Waals surface area contributed by atoms with Gasteiger partial charge in [-0.2, -0.15) is 0 Å². The Morgan fingerprint density at radius 3 is 2.53 bits per heavy atom. The van der Waals surface area contributed by atoms with Gasteiger partial charge in [-0.05, 0) is 17.2 Å². The maximum absolute atomic E-state index is 10.4. The van der Waals surface area contributed by atoms with E-state index in [1.54, 1.807) is 12.1 Å². The Hall–Kier alpha value is -1.39. The summed E-state index contributed by atoms with van der Waals surface area (Å²) in [6, 6.07) is 3.39. The van der Waals surface area contributed by atoms with Crippen LogP contribution < -0.4 is 4.74 Å². The largest absolute Gasteiger partial charge is 0.496 e. The molecule has 0 fully saturated rings. The van der Waals surface area contributed by atoms with E-state index in [0.717, 1.165) is 11.8 Å². The molecule has 2 N–H and O–H groups in total. The molecule has 0 heterocycles. The fraction of sp³-hybridized carbons (Fsp3) is 0.364. The van der Waals surface area contributed by atoms with Crippen LogP contribution in [0.25, 0.3) is 0 Å². The van der Waals surface area contributed by atoms with Crippen LogP contribution in [-0.4, -0.2) is 23.6 Å². The lowest BCUT2D eigenvalue weighted by Crippen LogP contribution is -2.01. The number of hydrogen-bond acceptors (Lipinski definition) is 4. The minimum absolute atomic E-state index is 0.182. The molecule has 82 valence electrons. The van der Waals surface area contributed by atoms with E-state index in [1.165, 1.54) is 7.11 Å². The number of carbonyl (C=O) groups is 1. The molecule has 4 nitrogen and oxygen atoms in total. The molecule has 0 radical (unpaired) electrons. The number of aliphatic hydroxyl groups excluding tert-OH is 2. The summed E-state index contributed by atoms with van der Waals surface area (Å²) in [5.41, 5.74) is 1.92. The van der Waals surface area contributed by atoms with Gasteiger partial charge in [-0.3, -0.25) is 0 Å². The van der Waals surface area contributed by atoms with Crippen LogP contribution in [0.15, 0.2) is 12.1 Å². The molecule has 0 aliphatic rings. The predicted molar refractivity (Wildman–Crippen MR) is 54.6 cm³/mol. The molecule has 0 aliphatic carbocycles. The van der Waals surface area contributed by atoms with E-state index >= 15 is 0 Å². The number of benzene rings is 1. The van der Waals surface area contributed by atoms with E-state index < -0.39 is 0 Å². The summed E-state index contributed by atoms with van der Waals surface area (Å²) < 4.78 is 5.08. The van der Waals surface area contributed by atoms with Gasteiger partial charge in [-0.25, -0.2) is 0 Å². The molecule has 1 rings (SSSR count). The minimum Gasteiger partial charge on any atom is -0.496 e. The molecule has 0 aliphatic heterocycles. The lowest BCUT2D eigenvalue weighted by molar-refractivity contribution is -0.107. The van der Waals surface area contributed by atoms with E-state index in [0.29, 0.717) is 16.9 Å². The molecule has 0 atom stereocenters. The highest BCUT2D eigenvalue weighted by Gasteiger charge is 2.09. The number of aliphatic hydroxyl groups is 2. The number of hydrogen-bond donors (Lipinski definition) is 2. The molecule has 1 aromatic rings. The first-order chi connectivity index (χ1) is 7.26. The second kappa shape index (κ2) is 5.48. The normalized spacial score (nSPS) is 10.1. The van der Waals surface area contributed by atoms with E-state index in [9.17, 15) is 4.79 Å². The maximum Gasteiger partial charge on any atom is 0.125 e. The van der Waals surface area contributed by atoms with Crippen molar-refractivity contribution in [2.45, 2.75) is 19.6 Å². The van der Waals surface area contributed by atoms with Crippen molar-refractivity contribution in [1.82, 2.24) is 0 Å². The smallest absolute Gasteiger partial charge is 0.125 e. The van der Waals surface area contributed by atoms with Crippen molar-refractivity contribution >= 4 is 6.29 Å². The van der Waals surface area contributed by atoms with Crippen molar-refractivity contribution in [3.05, 3.63) is 28.8 Å². The van der Waals surface area contributed by atoms with Crippen molar-refractivity contribution in [3.63, 3.8) is 0 Å².